The summed E-state index contributed by atoms with van der Waals surface area (Å²) in [5.41, 5.74) is -0.0261. The van der Waals surface area contributed by atoms with Crippen molar-refractivity contribution in [3.63, 3.8) is 0 Å². The van der Waals surface area contributed by atoms with Gasteiger partial charge >= 0.3 is 6.03 Å². The van der Waals surface area contributed by atoms with Gasteiger partial charge in [0, 0.05) is 20.2 Å². The third-order valence-electron chi connectivity index (χ3n) is 3.12. The summed E-state index contributed by atoms with van der Waals surface area (Å²) in [6, 6.07) is 0.0586. The summed E-state index contributed by atoms with van der Waals surface area (Å²) in [7, 11) is 1.74. The predicted molar refractivity (Wildman–Crippen MR) is 48.6 cm³/mol. The normalized spacial score (nSPS) is 25.6. The van der Waals surface area contributed by atoms with E-state index < -0.39 is 0 Å². The fourth-order valence-corrected chi connectivity index (χ4v) is 2.01. The summed E-state index contributed by atoms with van der Waals surface area (Å²) in [5, 5.41) is 2.80. The summed E-state index contributed by atoms with van der Waals surface area (Å²) in [6.45, 7) is 2.36. The van der Waals surface area contributed by atoms with Crippen LogP contribution < -0.4 is 5.32 Å². The summed E-state index contributed by atoms with van der Waals surface area (Å²) in [4.78, 5) is 13.1. The second-order valence-corrected chi connectivity index (χ2v) is 3.89. The highest BCUT2D eigenvalue weighted by Gasteiger charge is 2.40. The number of ether oxygens (including phenoxy) is 1. The Morgan fingerprint density at radius 1 is 1.62 bits per heavy atom. The average Bonchev–Trinajstić information content (AvgIpc) is 2.44. The number of hydrogen-bond donors (Lipinski definition) is 1. The van der Waals surface area contributed by atoms with Crippen molar-refractivity contribution < 1.29 is 9.53 Å². The number of nitrogens with one attached hydrogen (secondary N) is 1. The Hall–Kier alpha value is -0.770. The molecule has 0 unspecified atom stereocenters. The zero-order chi connectivity index (χ0) is 9.31. The lowest BCUT2D eigenvalue weighted by molar-refractivity contribution is -0.0830. The van der Waals surface area contributed by atoms with Gasteiger partial charge in [0.25, 0.3) is 0 Å². The van der Waals surface area contributed by atoms with Crippen molar-refractivity contribution in [3.8, 4) is 0 Å². The first-order chi connectivity index (χ1) is 6.26. The van der Waals surface area contributed by atoms with Crippen molar-refractivity contribution in [2.24, 2.45) is 0 Å². The molecule has 2 rings (SSSR count). The lowest BCUT2D eigenvalue weighted by atomic mass is 9.79. The Morgan fingerprint density at radius 2 is 2.38 bits per heavy atom. The number of rotatable bonds is 3. The van der Waals surface area contributed by atoms with Gasteiger partial charge in [-0.2, -0.15) is 0 Å². The van der Waals surface area contributed by atoms with Crippen LogP contribution in [0.2, 0.25) is 0 Å². The molecular weight excluding hydrogens is 168 g/mol. The van der Waals surface area contributed by atoms with Crippen molar-refractivity contribution in [3.05, 3.63) is 0 Å². The van der Waals surface area contributed by atoms with Crippen LogP contribution in [-0.2, 0) is 4.74 Å². The van der Waals surface area contributed by atoms with Crippen LogP contribution in [0.5, 0.6) is 0 Å². The topological polar surface area (TPSA) is 41.6 Å². The number of carbonyl (C=O) groups excluding carboxylic acids is 1. The molecule has 1 heterocycles. The van der Waals surface area contributed by atoms with Gasteiger partial charge in [-0.1, -0.05) is 0 Å². The fourth-order valence-electron chi connectivity index (χ4n) is 2.01. The molecule has 0 radical (unpaired) electrons. The molecule has 0 atom stereocenters. The highest BCUT2D eigenvalue weighted by molar-refractivity contribution is 5.76. The summed E-state index contributed by atoms with van der Waals surface area (Å²) in [5.74, 6) is 0. The molecule has 2 aliphatic rings. The molecule has 2 amide bonds. The monoisotopic (exact) mass is 184 g/mol. The Labute approximate surface area is 78.2 Å². The molecule has 1 saturated heterocycles. The van der Waals surface area contributed by atoms with Gasteiger partial charge in [-0.15, -0.1) is 0 Å². The van der Waals surface area contributed by atoms with E-state index in [-0.39, 0.29) is 11.6 Å². The van der Waals surface area contributed by atoms with Crippen LogP contribution in [0, 0.1) is 0 Å². The van der Waals surface area contributed by atoms with Gasteiger partial charge < -0.3 is 15.0 Å². The van der Waals surface area contributed by atoms with E-state index in [1.165, 1.54) is 6.42 Å². The van der Waals surface area contributed by atoms with Crippen molar-refractivity contribution >= 4 is 6.03 Å². The molecule has 0 aromatic heterocycles. The maximum absolute atomic E-state index is 11.3. The van der Waals surface area contributed by atoms with E-state index in [0.717, 1.165) is 32.5 Å². The lowest BCUT2D eigenvalue weighted by Gasteiger charge is -2.42. The zero-order valence-electron chi connectivity index (χ0n) is 8.01. The third-order valence-corrected chi connectivity index (χ3v) is 3.12. The molecule has 0 aromatic rings. The van der Waals surface area contributed by atoms with Gasteiger partial charge in [0.05, 0.1) is 12.1 Å². The molecule has 0 spiro atoms. The van der Waals surface area contributed by atoms with Crippen LogP contribution >= 0.6 is 0 Å². The molecule has 0 bridgehead atoms. The van der Waals surface area contributed by atoms with E-state index in [1.807, 2.05) is 4.90 Å². The second-order valence-electron chi connectivity index (χ2n) is 3.89. The summed E-state index contributed by atoms with van der Waals surface area (Å²) in [6.07, 6.45) is 3.41. The average molecular weight is 184 g/mol. The van der Waals surface area contributed by atoms with E-state index in [2.05, 4.69) is 5.32 Å². The first-order valence-corrected chi connectivity index (χ1v) is 4.84. The number of nitrogens with zero attached hydrogens (tertiary/aromatic N) is 1. The Kier molecular flexibility index (Phi) is 2.15. The predicted octanol–water partition coefficient (Wildman–Crippen LogP) is 0.581. The molecule has 4 nitrogen and oxygen atoms in total. The Bertz CT molecular complexity index is 208. The quantitative estimate of drug-likeness (QED) is 0.697. The van der Waals surface area contributed by atoms with Crippen LogP contribution in [0.15, 0.2) is 0 Å². The van der Waals surface area contributed by atoms with Gasteiger partial charge in [0.2, 0.25) is 0 Å². The number of amides is 2. The molecule has 0 aromatic carbocycles. The number of methoxy groups -OCH3 is 1. The minimum Gasteiger partial charge on any atom is -0.376 e. The van der Waals surface area contributed by atoms with Crippen LogP contribution in [0.1, 0.15) is 19.3 Å². The fraction of sp³-hybridized carbons (Fsp3) is 0.889. The Balaban J connectivity index is 1.92. The zero-order valence-corrected chi connectivity index (χ0v) is 8.01. The van der Waals surface area contributed by atoms with Crippen LogP contribution in [0.3, 0.4) is 0 Å². The smallest absolute Gasteiger partial charge is 0.317 e. The van der Waals surface area contributed by atoms with E-state index in [0.29, 0.717) is 0 Å². The molecule has 74 valence electrons. The maximum atomic E-state index is 11.3. The van der Waals surface area contributed by atoms with Crippen molar-refractivity contribution in [2.75, 3.05) is 26.7 Å². The molecule has 1 aliphatic heterocycles. The lowest BCUT2D eigenvalue weighted by Crippen LogP contribution is -2.50. The van der Waals surface area contributed by atoms with E-state index >= 15 is 0 Å². The molecule has 1 N–H and O–H groups in total. The molecule has 2 fully saturated rings. The van der Waals surface area contributed by atoms with Crippen molar-refractivity contribution in [1.82, 2.24) is 10.2 Å². The molecule has 1 aliphatic carbocycles. The molecule has 4 heteroatoms. The van der Waals surface area contributed by atoms with Crippen LogP contribution in [0.4, 0.5) is 4.79 Å². The highest BCUT2D eigenvalue weighted by atomic mass is 16.5. The van der Waals surface area contributed by atoms with Gasteiger partial charge in [-0.3, -0.25) is 0 Å². The van der Waals surface area contributed by atoms with Crippen molar-refractivity contribution in [2.45, 2.75) is 24.9 Å². The third kappa shape index (κ3) is 1.50. The minimum absolute atomic E-state index is 0.0261. The van der Waals surface area contributed by atoms with E-state index in [9.17, 15) is 4.79 Å². The summed E-state index contributed by atoms with van der Waals surface area (Å²) < 4.78 is 5.46. The van der Waals surface area contributed by atoms with Gasteiger partial charge in [-0.05, 0) is 19.3 Å². The van der Waals surface area contributed by atoms with E-state index in [4.69, 9.17) is 4.74 Å². The first-order valence-electron chi connectivity index (χ1n) is 4.84. The maximum Gasteiger partial charge on any atom is 0.317 e. The molecule has 1 saturated carbocycles. The van der Waals surface area contributed by atoms with Gasteiger partial charge in [0.1, 0.15) is 0 Å². The first kappa shape index (κ1) is 8.81. The number of carbonyl (C=O) groups is 1. The SMILES string of the molecule is COC1(CN2CCNC2=O)CCC1. The standard InChI is InChI=1S/C9H16N2O2/c1-13-9(3-2-4-9)7-11-6-5-10-8(11)12/h2-7H2,1H3,(H,10,12). The van der Waals surface area contributed by atoms with Gasteiger partial charge in [-0.25, -0.2) is 4.79 Å². The number of urea groups is 1. The van der Waals surface area contributed by atoms with E-state index in [1.54, 1.807) is 7.11 Å². The largest absolute Gasteiger partial charge is 0.376 e. The molecule has 13 heavy (non-hydrogen) atoms. The summed E-state index contributed by atoms with van der Waals surface area (Å²) >= 11 is 0. The second kappa shape index (κ2) is 3.18. The van der Waals surface area contributed by atoms with Gasteiger partial charge in [0.15, 0.2) is 0 Å². The van der Waals surface area contributed by atoms with Crippen LogP contribution in [-0.4, -0.2) is 43.3 Å². The molecular formula is C9H16N2O2. The van der Waals surface area contributed by atoms with Crippen molar-refractivity contribution in [1.29, 1.82) is 0 Å². The highest BCUT2D eigenvalue weighted by Crippen LogP contribution is 2.35. The van der Waals surface area contributed by atoms with Crippen LogP contribution in [0.25, 0.3) is 0 Å². The minimum atomic E-state index is -0.0261. The Morgan fingerprint density at radius 3 is 2.77 bits per heavy atom. The number of hydrogen-bond acceptors (Lipinski definition) is 2.